The Bertz CT molecular complexity index is 85.6. The van der Waals surface area contributed by atoms with Crippen LogP contribution >= 0.6 is 0 Å². The lowest BCUT2D eigenvalue weighted by molar-refractivity contribution is 0.160. The van der Waals surface area contributed by atoms with Crippen molar-refractivity contribution in [3.05, 3.63) is 13.2 Å². The number of piperazine rings is 1. The van der Waals surface area contributed by atoms with Crippen LogP contribution in [0.25, 0.3) is 0 Å². The van der Waals surface area contributed by atoms with Crippen LogP contribution in [0.2, 0.25) is 0 Å². The van der Waals surface area contributed by atoms with Crippen LogP contribution in [-0.2, 0) is 0 Å². The number of likely N-dealkylation sites (N-methyl/N-ethyl adjacent to an activating group) is 2. The molecule has 0 aliphatic carbocycles. The van der Waals surface area contributed by atoms with E-state index >= 15 is 0 Å². The molecule has 0 aromatic carbocycles. The van der Waals surface area contributed by atoms with Gasteiger partial charge in [0.25, 0.3) is 0 Å². The second kappa shape index (κ2) is 6.38. The second-order valence-corrected chi connectivity index (χ2v) is 2.74. The maximum Gasteiger partial charge on any atom is 0.0110 e. The van der Waals surface area contributed by atoms with Crippen molar-refractivity contribution >= 4 is 0 Å². The standard InChI is InChI=1S/C7H16N2.C2H4/c1-3-9-6-4-8(2)5-7-9;1-2/h3-7H2,1-2H3;1-2H2. The van der Waals surface area contributed by atoms with Gasteiger partial charge >= 0.3 is 0 Å². The molecule has 0 bridgehead atoms. The third-order valence-electron chi connectivity index (χ3n) is 2.04. The van der Waals surface area contributed by atoms with Crippen molar-refractivity contribution in [1.82, 2.24) is 9.80 Å². The fourth-order valence-electron chi connectivity index (χ4n) is 1.16. The highest BCUT2D eigenvalue weighted by molar-refractivity contribution is 4.66. The van der Waals surface area contributed by atoms with Crippen molar-refractivity contribution < 1.29 is 0 Å². The normalized spacial score (nSPS) is 20.5. The predicted octanol–water partition coefficient (Wildman–Crippen LogP) is 1.06. The van der Waals surface area contributed by atoms with E-state index in [1.54, 1.807) is 0 Å². The molecule has 1 fully saturated rings. The molecule has 66 valence electrons. The van der Waals surface area contributed by atoms with Crippen LogP contribution in [0.15, 0.2) is 13.2 Å². The van der Waals surface area contributed by atoms with E-state index < -0.39 is 0 Å². The zero-order valence-electron chi connectivity index (χ0n) is 7.84. The second-order valence-electron chi connectivity index (χ2n) is 2.74. The van der Waals surface area contributed by atoms with E-state index in [4.69, 9.17) is 0 Å². The summed E-state index contributed by atoms with van der Waals surface area (Å²) in [6.07, 6.45) is 0. The van der Waals surface area contributed by atoms with E-state index in [1.165, 1.54) is 32.7 Å². The molecular weight excluding hydrogens is 136 g/mol. The first kappa shape index (κ1) is 10.7. The predicted molar refractivity (Wildman–Crippen MR) is 50.9 cm³/mol. The molecule has 0 radical (unpaired) electrons. The zero-order chi connectivity index (χ0) is 8.69. The lowest BCUT2D eigenvalue weighted by atomic mass is 10.3. The average molecular weight is 156 g/mol. The topological polar surface area (TPSA) is 6.48 Å². The first-order chi connectivity index (χ1) is 5.33. The van der Waals surface area contributed by atoms with Crippen LogP contribution in [0.4, 0.5) is 0 Å². The third-order valence-corrected chi connectivity index (χ3v) is 2.04. The molecule has 0 amide bonds. The number of rotatable bonds is 1. The summed E-state index contributed by atoms with van der Waals surface area (Å²) in [7, 11) is 2.19. The molecule has 0 aromatic rings. The molecule has 0 saturated carbocycles. The highest BCUT2D eigenvalue weighted by Crippen LogP contribution is 1.96. The zero-order valence-corrected chi connectivity index (χ0v) is 7.84. The molecule has 0 unspecified atom stereocenters. The number of hydrogen-bond donors (Lipinski definition) is 0. The number of hydrogen-bond acceptors (Lipinski definition) is 2. The lowest BCUT2D eigenvalue weighted by Gasteiger charge is -2.31. The van der Waals surface area contributed by atoms with Gasteiger partial charge in [0.15, 0.2) is 0 Å². The van der Waals surface area contributed by atoms with Gasteiger partial charge in [-0.15, -0.1) is 13.2 Å². The molecule has 2 nitrogen and oxygen atoms in total. The summed E-state index contributed by atoms with van der Waals surface area (Å²) in [5, 5.41) is 0. The van der Waals surface area contributed by atoms with E-state index in [1.807, 2.05) is 0 Å². The van der Waals surface area contributed by atoms with Gasteiger partial charge in [-0.3, -0.25) is 0 Å². The lowest BCUT2D eigenvalue weighted by Crippen LogP contribution is -2.44. The summed E-state index contributed by atoms with van der Waals surface area (Å²) in [5.41, 5.74) is 0. The summed E-state index contributed by atoms with van der Waals surface area (Å²) in [4.78, 5) is 4.87. The van der Waals surface area contributed by atoms with E-state index in [9.17, 15) is 0 Å². The van der Waals surface area contributed by atoms with Crippen molar-refractivity contribution in [2.75, 3.05) is 39.8 Å². The molecule has 1 aliphatic rings. The van der Waals surface area contributed by atoms with Gasteiger partial charge in [-0.05, 0) is 13.6 Å². The van der Waals surface area contributed by atoms with Crippen LogP contribution in [0.1, 0.15) is 6.92 Å². The average Bonchev–Trinajstić information content (AvgIpc) is 2.10. The quantitative estimate of drug-likeness (QED) is 0.524. The fraction of sp³-hybridized carbons (Fsp3) is 0.778. The van der Waals surface area contributed by atoms with E-state index in [0.29, 0.717) is 0 Å². The highest BCUT2D eigenvalue weighted by atomic mass is 15.2. The van der Waals surface area contributed by atoms with Gasteiger partial charge in [0.05, 0.1) is 0 Å². The molecule has 2 heteroatoms. The molecule has 0 aromatic heterocycles. The molecule has 1 aliphatic heterocycles. The number of nitrogens with zero attached hydrogens (tertiary/aromatic N) is 2. The molecule has 1 heterocycles. The molecule has 0 N–H and O–H groups in total. The largest absolute Gasteiger partial charge is 0.304 e. The maximum atomic E-state index is 3.00. The Balaban J connectivity index is 0.000000461. The first-order valence-corrected chi connectivity index (χ1v) is 4.24. The van der Waals surface area contributed by atoms with Gasteiger partial charge in [-0.1, -0.05) is 6.92 Å². The van der Waals surface area contributed by atoms with Crippen molar-refractivity contribution in [1.29, 1.82) is 0 Å². The minimum absolute atomic E-state index is 1.22. The van der Waals surface area contributed by atoms with Gasteiger partial charge in [0, 0.05) is 26.2 Å². The van der Waals surface area contributed by atoms with Crippen molar-refractivity contribution in [3.8, 4) is 0 Å². The molecule has 11 heavy (non-hydrogen) atoms. The fourth-order valence-corrected chi connectivity index (χ4v) is 1.16. The van der Waals surface area contributed by atoms with Gasteiger partial charge in [-0.25, -0.2) is 0 Å². The highest BCUT2D eigenvalue weighted by Gasteiger charge is 2.10. The monoisotopic (exact) mass is 156 g/mol. The van der Waals surface area contributed by atoms with Gasteiger partial charge in [0.1, 0.15) is 0 Å². The Kier molecular flexibility index (Phi) is 6.18. The van der Waals surface area contributed by atoms with Crippen LogP contribution in [-0.4, -0.2) is 49.6 Å². The molecular formula is C9H20N2. The van der Waals surface area contributed by atoms with E-state index in [0.717, 1.165) is 0 Å². The molecule has 1 rings (SSSR count). The summed E-state index contributed by atoms with van der Waals surface area (Å²) >= 11 is 0. The van der Waals surface area contributed by atoms with Crippen molar-refractivity contribution in [2.24, 2.45) is 0 Å². The summed E-state index contributed by atoms with van der Waals surface area (Å²) in [5.74, 6) is 0. The third kappa shape index (κ3) is 4.17. The molecule has 0 spiro atoms. The maximum absolute atomic E-state index is 3.00. The Labute approximate surface area is 70.5 Å². The Morgan fingerprint density at radius 3 is 1.91 bits per heavy atom. The Morgan fingerprint density at radius 1 is 1.09 bits per heavy atom. The summed E-state index contributed by atoms with van der Waals surface area (Å²) in [6.45, 7) is 14.4. The smallest absolute Gasteiger partial charge is 0.0110 e. The van der Waals surface area contributed by atoms with Gasteiger partial charge in [-0.2, -0.15) is 0 Å². The molecule has 1 saturated heterocycles. The Morgan fingerprint density at radius 2 is 1.55 bits per heavy atom. The van der Waals surface area contributed by atoms with Crippen molar-refractivity contribution in [2.45, 2.75) is 6.92 Å². The Hall–Kier alpha value is -0.340. The van der Waals surface area contributed by atoms with Crippen LogP contribution in [0.3, 0.4) is 0 Å². The van der Waals surface area contributed by atoms with Crippen LogP contribution < -0.4 is 0 Å². The minimum atomic E-state index is 1.22. The van der Waals surface area contributed by atoms with E-state index in [2.05, 4.69) is 36.9 Å². The minimum Gasteiger partial charge on any atom is -0.304 e. The van der Waals surface area contributed by atoms with Crippen LogP contribution in [0, 0.1) is 0 Å². The SMILES string of the molecule is C=C.CCN1CCN(C)CC1. The van der Waals surface area contributed by atoms with Crippen LogP contribution in [0.5, 0.6) is 0 Å². The van der Waals surface area contributed by atoms with E-state index in [-0.39, 0.29) is 0 Å². The van der Waals surface area contributed by atoms with Crippen molar-refractivity contribution in [3.63, 3.8) is 0 Å². The first-order valence-electron chi connectivity index (χ1n) is 4.24. The summed E-state index contributed by atoms with van der Waals surface area (Å²) < 4.78 is 0. The van der Waals surface area contributed by atoms with Gasteiger partial charge in [0.2, 0.25) is 0 Å². The van der Waals surface area contributed by atoms with Gasteiger partial charge < -0.3 is 9.80 Å². The summed E-state index contributed by atoms with van der Waals surface area (Å²) in [6, 6.07) is 0. The molecule has 0 atom stereocenters.